The first-order valence-electron chi connectivity index (χ1n) is 6.65. The number of nitrogens with one attached hydrogen (secondary N) is 2. The van der Waals surface area contributed by atoms with Crippen LogP contribution in [0.3, 0.4) is 0 Å². The van der Waals surface area contributed by atoms with Crippen molar-refractivity contribution in [1.82, 2.24) is 10.5 Å². The summed E-state index contributed by atoms with van der Waals surface area (Å²) in [6.45, 7) is 0.286. The van der Waals surface area contributed by atoms with Gasteiger partial charge in [0.2, 0.25) is 5.91 Å². The fraction of sp³-hybridized carbons (Fsp3) is 0.214. The van der Waals surface area contributed by atoms with Crippen LogP contribution in [0.4, 0.5) is 20.7 Å². The molecule has 0 radical (unpaired) electrons. The minimum atomic E-state index is -0.479. The normalized spacial score (nSPS) is 17.6. The topological polar surface area (TPSA) is 87.5 Å². The fourth-order valence-electron chi connectivity index (χ4n) is 2.31. The molecule has 3 amide bonds. The third kappa shape index (κ3) is 3.05. The molecule has 2 heterocycles. The zero-order valence-corrected chi connectivity index (χ0v) is 11.5. The molecule has 3 rings (SSSR count). The van der Waals surface area contributed by atoms with Crippen molar-refractivity contribution in [1.29, 1.82) is 0 Å². The van der Waals surface area contributed by atoms with E-state index in [0.717, 1.165) is 0 Å². The van der Waals surface area contributed by atoms with Crippen molar-refractivity contribution in [2.45, 2.75) is 12.5 Å². The second kappa shape index (κ2) is 5.84. The minimum absolute atomic E-state index is 0.156. The van der Waals surface area contributed by atoms with Crippen LogP contribution in [-0.4, -0.2) is 29.7 Å². The highest BCUT2D eigenvalue weighted by Crippen LogP contribution is 2.22. The number of carbonyl (C=O) groups is 2. The molecular weight excluding hydrogens is 291 g/mol. The molecule has 114 valence electrons. The van der Waals surface area contributed by atoms with Crippen LogP contribution in [0.5, 0.6) is 0 Å². The molecule has 1 aromatic carbocycles. The molecule has 1 saturated heterocycles. The molecule has 8 heteroatoms. The number of rotatable bonds is 3. The Morgan fingerprint density at radius 3 is 3.00 bits per heavy atom. The van der Waals surface area contributed by atoms with Crippen molar-refractivity contribution in [2.24, 2.45) is 0 Å². The maximum Gasteiger partial charge on any atom is 0.320 e. The average molecular weight is 304 g/mol. The van der Waals surface area contributed by atoms with E-state index in [1.165, 1.54) is 35.4 Å². The van der Waals surface area contributed by atoms with Crippen LogP contribution in [0.1, 0.15) is 6.42 Å². The van der Waals surface area contributed by atoms with Gasteiger partial charge >= 0.3 is 6.03 Å². The van der Waals surface area contributed by atoms with Gasteiger partial charge in [0.1, 0.15) is 12.1 Å². The number of urea groups is 1. The Balaban J connectivity index is 1.61. The Kier molecular flexibility index (Phi) is 3.73. The summed E-state index contributed by atoms with van der Waals surface area (Å²) in [5, 5.41) is 8.71. The van der Waals surface area contributed by atoms with Gasteiger partial charge in [-0.1, -0.05) is 11.2 Å². The fourth-order valence-corrected chi connectivity index (χ4v) is 2.31. The maximum atomic E-state index is 13.2. The maximum absolute atomic E-state index is 13.2. The van der Waals surface area contributed by atoms with Crippen LogP contribution in [0.25, 0.3) is 0 Å². The van der Waals surface area contributed by atoms with Gasteiger partial charge in [0.15, 0.2) is 5.82 Å². The molecule has 0 saturated carbocycles. The molecule has 1 aliphatic rings. The van der Waals surface area contributed by atoms with Crippen molar-refractivity contribution in [3.05, 3.63) is 42.4 Å². The van der Waals surface area contributed by atoms with Gasteiger partial charge in [0, 0.05) is 24.7 Å². The van der Waals surface area contributed by atoms with Crippen molar-refractivity contribution in [3.63, 3.8) is 0 Å². The molecular formula is C14H13FN4O3. The Bertz CT molecular complexity index is 689. The molecule has 0 aliphatic carbocycles. The molecule has 2 N–H and O–H groups in total. The van der Waals surface area contributed by atoms with Gasteiger partial charge in [-0.2, -0.15) is 0 Å². The van der Waals surface area contributed by atoms with Crippen LogP contribution >= 0.6 is 0 Å². The minimum Gasteiger partial charge on any atom is -0.363 e. The third-order valence-electron chi connectivity index (χ3n) is 3.26. The number of benzene rings is 1. The smallest absolute Gasteiger partial charge is 0.320 e. The molecule has 7 nitrogen and oxygen atoms in total. The van der Waals surface area contributed by atoms with Crippen molar-refractivity contribution in [3.8, 4) is 0 Å². The molecule has 1 aliphatic heterocycles. The SMILES string of the molecule is O=C(Nc1ccon1)NC1CC(=O)N(c2cccc(F)c2)C1. The number of hydrogen-bond donors (Lipinski definition) is 2. The van der Waals surface area contributed by atoms with Crippen LogP contribution < -0.4 is 15.5 Å². The van der Waals surface area contributed by atoms with E-state index in [-0.39, 0.29) is 30.7 Å². The van der Waals surface area contributed by atoms with Gasteiger partial charge < -0.3 is 14.7 Å². The number of carbonyl (C=O) groups excluding carboxylic acids is 2. The highest BCUT2D eigenvalue weighted by atomic mass is 19.1. The van der Waals surface area contributed by atoms with Crippen LogP contribution in [0, 0.1) is 5.82 Å². The van der Waals surface area contributed by atoms with Gasteiger partial charge in [-0.05, 0) is 18.2 Å². The van der Waals surface area contributed by atoms with Gasteiger partial charge in [0.25, 0.3) is 0 Å². The first-order valence-corrected chi connectivity index (χ1v) is 6.65. The Morgan fingerprint density at radius 2 is 2.27 bits per heavy atom. The summed E-state index contributed by atoms with van der Waals surface area (Å²) in [6, 6.07) is 6.45. The van der Waals surface area contributed by atoms with Crippen LogP contribution in [-0.2, 0) is 4.79 Å². The molecule has 0 bridgehead atoms. The predicted octanol–water partition coefficient (Wildman–Crippen LogP) is 1.74. The summed E-state index contributed by atoms with van der Waals surface area (Å²) in [6.07, 6.45) is 1.49. The number of nitrogens with zero attached hydrogens (tertiary/aromatic N) is 2. The van der Waals surface area contributed by atoms with Crippen molar-refractivity contribution in [2.75, 3.05) is 16.8 Å². The number of anilines is 2. The van der Waals surface area contributed by atoms with Gasteiger partial charge in [-0.3, -0.25) is 10.1 Å². The van der Waals surface area contributed by atoms with Gasteiger partial charge in [-0.15, -0.1) is 0 Å². The summed E-state index contributed by atoms with van der Waals surface area (Å²) in [5.74, 6) is -0.299. The second-order valence-corrected chi connectivity index (χ2v) is 4.87. The summed E-state index contributed by atoms with van der Waals surface area (Å²) >= 11 is 0. The van der Waals surface area contributed by atoms with E-state index in [0.29, 0.717) is 5.69 Å². The molecule has 2 aromatic rings. The number of amides is 3. The largest absolute Gasteiger partial charge is 0.363 e. The third-order valence-corrected chi connectivity index (χ3v) is 3.26. The lowest BCUT2D eigenvalue weighted by atomic mass is 10.2. The van der Waals surface area contributed by atoms with Crippen molar-refractivity contribution >= 4 is 23.4 Å². The zero-order valence-electron chi connectivity index (χ0n) is 11.5. The highest BCUT2D eigenvalue weighted by molar-refractivity contribution is 5.97. The summed E-state index contributed by atoms with van der Waals surface area (Å²) < 4.78 is 17.8. The van der Waals surface area contributed by atoms with Crippen molar-refractivity contribution < 1.29 is 18.5 Å². The van der Waals surface area contributed by atoms with Gasteiger partial charge in [-0.25, -0.2) is 9.18 Å². The molecule has 0 spiro atoms. The standard InChI is InChI=1S/C14H13FN4O3/c15-9-2-1-3-11(6-9)19-8-10(7-13(19)20)16-14(21)17-12-4-5-22-18-12/h1-6,10H,7-8H2,(H2,16,17,18,21). The number of aromatic nitrogens is 1. The van der Waals surface area contributed by atoms with Crippen LogP contribution in [0.2, 0.25) is 0 Å². The predicted molar refractivity (Wildman–Crippen MR) is 75.8 cm³/mol. The van der Waals surface area contributed by atoms with E-state index in [4.69, 9.17) is 0 Å². The van der Waals surface area contributed by atoms with E-state index in [1.54, 1.807) is 6.07 Å². The van der Waals surface area contributed by atoms with E-state index >= 15 is 0 Å². The highest BCUT2D eigenvalue weighted by Gasteiger charge is 2.31. The average Bonchev–Trinajstić information content (AvgIpc) is 3.08. The molecule has 1 aromatic heterocycles. The quantitative estimate of drug-likeness (QED) is 0.904. The summed E-state index contributed by atoms with van der Waals surface area (Å²) in [7, 11) is 0. The lowest BCUT2D eigenvalue weighted by Crippen LogP contribution is -2.39. The lowest BCUT2D eigenvalue weighted by molar-refractivity contribution is -0.117. The second-order valence-electron chi connectivity index (χ2n) is 4.87. The molecule has 22 heavy (non-hydrogen) atoms. The first-order chi connectivity index (χ1) is 10.6. The first kappa shape index (κ1) is 14.1. The Labute approximate surface area is 125 Å². The zero-order chi connectivity index (χ0) is 15.5. The monoisotopic (exact) mass is 304 g/mol. The summed E-state index contributed by atoms with van der Waals surface area (Å²) in [5.41, 5.74) is 0.478. The van der Waals surface area contributed by atoms with E-state index in [2.05, 4.69) is 20.3 Å². The number of halogens is 1. The van der Waals surface area contributed by atoms with E-state index in [9.17, 15) is 14.0 Å². The lowest BCUT2D eigenvalue weighted by Gasteiger charge is -2.17. The number of hydrogen-bond acceptors (Lipinski definition) is 4. The molecule has 1 unspecified atom stereocenters. The Hall–Kier alpha value is -2.90. The molecule has 1 fully saturated rings. The van der Waals surface area contributed by atoms with E-state index in [1.807, 2.05) is 0 Å². The summed E-state index contributed by atoms with van der Waals surface area (Å²) in [4.78, 5) is 25.2. The van der Waals surface area contributed by atoms with Gasteiger partial charge in [0.05, 0.1) is 6.04 Å². The van der Waals surface area contributed by atoms with Crippen LogP contribution in [0.15, 0.2) is 41.1 Å². The molecule has 1 atom stereocenters. The van der Waals surface area contributed by atoms with E-state index < -0.39 is 11.8 Å². The Morgan fingerprint density at radius 1 is 1.41 bits per heavy atom.